The van der Waals surface area contributed by atoms with Crippen LogP contribution in [0.4, 0.5) is 0 Å². The normalized spacial score (nSPS) is 24.9. The second kappa shape index (κ2) is 9.06. The van der Waals surface area contributed by atoms with Gasteiger partial charge in [-0.3, -0.25) is 9.59 Å². The van der Waals surface area contributed by atoms with Crippen LogP contribution in [0.2, 0.25) is 0 Å². The zero-order valence-corrected chi connectivity index (χ0v) is 19.0. The summed E-state index contributed by atoms with van der Waals surface area (Å²) < 4.78 is 34.5. The van der Waals surface area contributed by atoms with E-state index in [0.29, 0.717) is 30.5 Å². The number of methoxy groups -OCH3 is 1. The average Bonchev–Trinajstić information content (AvgIpc) is 2.76. The molecule has 2 amide bonds. The Kier molecular flexibility index (Phi) is 6.87. The molecule has 0 spiro atoms. The molecule has 0 saturated carbocycles. The second-order valence-corrected chi connectivity index (χ2v) is 10.3. The molecular formula is C20H24BrN3O5S. The van der Waals surface area contributed by atoms with Crippen LogP contribution in [0.25, 0.3) is 0 Å². The molecule has 0 aliphatic carbocycles. The lowest BCUT2D eigenvalue weighted by Gasteiger charge is -2.40. The molecule has 3 rings (SSSR count). The van der Waals surface area contributed by atoms with E-state index in [-0.39, 0.29) is 28.8 Å². The summed E-state index contributed by atoms with van der Waals surface area (Å²) in [4.78, 5) is 26.3. The summed E-state index contributed by atoms with van der Waals surface area (Å²) in [5, 5.41) is 0. The van der Waals surface area contributed by atoms with Gasteiger partial charge in [-0.15, -0.1) is 6.42 Å². The number of carbonyl (C=O) groups is 2. The van der Waals surface area contributed by atoms with Crippen molar-refractivity contribution in [3.63, 3.8) is 0 Å². The number of benzene rings is 1. The lowest BCUT2D eigenvalue weighted by molar-refractivity contribution is -0.134. The number of nitrogens with two attached hydrogens (primary N) is 1. The van der Waals surface area contributed by atoms with Crippen molar-refractivity contribution in [2.45, 2.75) is 36.2 Å². The van der Waals surface area contributed by atoms with E-state index in [2.05, 4.69) is 21.9 Å². The number of hydrogen-bond acceptors (Lipinski definition) is 5. The fraction of sp³-hybridized carbons (Fsp3) is 0.500. The molecule has 1 aromatic carbocycles. The van der Waals surface area contributed by atoms with E-state index in [0.717, 1.165) is 6.42 Å². The lowest BCUT2D eigenvalue weighted by Crippen LogP contribution is -2.55. The van der Waals surface area contributed by atoms with Crippen LogP contribution in [-0.4, -0.2) is 68.3 Å². The summed E-state index contributed by atoms with van der Waals surface area (Å²) in [6, 6.07) is 2.85. The Bertz CT molecular complexity index is 991. The van der Waals surface area contributed by atoms with Crippen LogP contribution >= 0.6 is 15.9 Å². The van der Waals surface area contributed by atoms with Gasteiger partial charge in [-0.05, 0) is 37.5 Å². The quantitative estimate of drug-likeness (QED) is 0.593. The van der Waals surface area contributed by atoms with Crippen molar-refractivity contribution < 1.29 is 22.7 Å². The highest BCUT2D eigenvalue weighted by atomic mass is 79.9. The molecule has 10 heteroatoms. The molecule has 2 fully saturated rings. The molecule has 2 saturated heterocycles. The molecular weight excluding hydrogens is 474 g/mol. The molecule has 1 aromatic rings. The molecule has 8 nitrogen and oxygen atoms in total. The van der Waals surface area contributed by atoms with E-state index in [1.165, 1.54) is 27.4 Å². The number of ether oxygens (including phenoxy) is 1. The molecule has 2 bridgehead atoms. The Morgan fingerprint density at radius 3 is 2.73 bits per heavy atom. The number of carbonyl (C=O) groups excluding carboxylic acids is 2. The molecule has 3 atom stereocenters. The van der Waals surface area contributed by atoms with Crippen LogP contribution in [0.3, 0.4) is 0 Å². The molecule has 0 radical (unpaired) electrons. The van der Waals surface area contributed by atoms with Gasteiger partial charge >= 0.3 is 0 Å². The summed E-state index contributed by atoms with van der Waals surface area (Å²) in [6.45, 7) is 0.733. The smallest absolute Gasteiger partial charge is 0.248 e. The first-order valence-electron chi connectivity index (χ1n) is 9.55. The molecule has 0 aromatic heterocycles. The predicted molar refractivity (Wildman–Crippen MR) is 114 cm³/mol. The summed E-state index contributed by atoms with van der Waals surface area (Å²) in [6.07, 6.45) is 7.19. The van der Waals surface area contributed by atoms with E-state index in [9.17, 15) is 18.0 Å². The Balaban J connectivity index is 2.13. The fourth-order valence-electron chi connectivity index (χ4n) is 4.34. The van der Waals surface area contributed by atoms with Gasteiger partial charge in [-0.25, -0.2) is 8.42 Å². The van der Waals surface area contributed by atoms with Crippen molar-refractivity contribution in [1.29, 1.82) is 0 Å². The molecule has 162 valence electrons. The van der Waals surface area contributed by atoms with E-state index < -0.39 is 28.0 Å². The van der Waals surface area contributed by atoms with Gasteiger partial charge in [0.05, 0.1) is 18.0 Å². The number of halogens is 1. The zero-order valence-electron chi connectivity index (χ0n) is 16.6. The van der Waals surface area contributed by atoms with Crippen molar-refractivity contribution in [2.75, 3.05) is 26.8 Å². The van der Waals surface area contributed by atoms with E-state index in [4.69, 9.17) is 16.9 Å². The highest BCUT2D eigenvalue weighted by molar-refractivity contribution is 9.10. The number of fused-ring (bicyclic) bond motifs is 2. The molecule has 30 heavy (non-hydrogen) atoms. The van der Waals surface area contributed by atoms with E-state index in [1.807, 2.05) is 0 Å². The molecule has 3 unspecified atom stereocenters. The third-order valence-corrected chi connectivity index (χ3v) is 7.97. The van der Waals surface area contributed by atoms with Crippen LogP contribution in [0.15, 0.2) is 27.6 Å². The highest BCUT2D eigenvalue weighted by Gasteiger charge is 2.50. The topological polar surface area (TPSA) is 110 Å². The Hall–Kier alpha value is -1.93. The predicted octanol–water partition coefficient (Wildman–Crippen LogP) is 1.20. The number of amides is 2. The Morgan fingerprint density at radius 1 is 1.37 bits per heavy atom. The summed E-state index contributed by atoms with van der Waals surface area (Å²) >= 11 is 3.25. The summed E-state index contributed by atoms with van der Waals surface area (Å²) in [7, 11) is -2.56. The molecule has 2 aliphatic rings. The van der Waals surface area contributed by atoms with Gasteiger partial charge in [0.2, 0.25) is 21.8 Å². The van der Waals surface area contributed by atoms with Gasteiger partial charge in [-0.1, -0.05) is 21.9 Å². The third-order valence-electron chi connectivity index (χ3n) is 5.60. The average molecular weight is 498 g/mol. The standard InChI is InChI=1S/C20H24BrN3O5S/c1-3-7-23-11-14(12-29-2)17-5-4-6-18(20(23)26)24(17)30(27,28)16-9-13(19(22)25)8-15(21)10-16/h1,8-10,14,17-18H,4-7,11-12H2,2H3,(H2,22,25). The number of sulfonamides is 1. The number of terminal acetylenes is 1. The van der Waals surface area contributed by atoms with Crippen molar-refractivity contribution in [3.05, 3.63) is 28.2 Å². The number of primary amides is 1. The maximum Gasteiger partial charge on any atom is 0.248 e. The van der Waals surface area contributed by atoms with E-state index >= 15 is 0 Å². The van der Waals surface area contributed by atoms with Crippen molar-refractivity contribution in [2.24, 2.45) is 11.7 Å². The molecule has 2 heterocycles. The largest absolute Gasteiger partial charge is 0.384 e. The van der Waals surface area contributed by atoms with E-state index in [1.54, 1.807) is 7.11 Å². The second-order valence-electron chi connectivity index (χ2n) is 7.53. The number of rotatable bonds is 6. The minimum absolute atomic E-state index is 0.0663. The first kappa shape index (κ1) is 22.7. The van der Waals surface area contributed by atoms with Gasteiger partial charge < -0.3 is 15.4 Å². The van der Waals surface area contributed by atoms with Crippen LogP contribution < -0.4 is 5.73 Å². The van der Waals surface area contributed by atoms with Crippen LogP contribution in [0.1, 0.15) is 29.6 Å². The highest BCUT2D eigenvalue weighted by Crippen LogP contribution is 2.37. The Morgan fingerprint density at radius 2 is 2.10 bits per heavy atom. The third kappa shape index (κ3) is 4.25. The van der Waals surface area contributed by atoms with Gasteiger partial charge in [0.1, 0.15) is 6.04 Å². The molecule has 2 aliphatic heterocycles. The first-order chi connectivity index (χ1) is 14.2. The van der Waals surface area contributed by atoms with Gasteiger partial charge in [0, 0.05) is 35.7 Å². The maximum absolute atomic E-state index is 13.7. The zero-order chi connectivity index (χ0) is 22.1. The summed E-state index contributed by atoms with van der Waals surface area (Å²) in [5.41, 5.74) is 5.43. The maximum atomic E-state index is 13.7. The van der Waals surface area contributed by atoms with Crippen LogP contribution in [0.5, 0.6) is 0 Å². The van der Waals surface area contributed by atoms with Crippen LogP contribution in [0, 0.1) is 18.3 Å². The van der Waals surface area contributed by atoms with Crippen LogP contribution in [-0.2, 0) is 19.6 Å². The molecule has 2 N–H and O–H groups in total. The van der Waals surface area contributed by atoms with Crippen molar-refractivity contribution in [1.82, 2.24) is 9.21 Å². The lowest BCUT2D eigenvalue weighted by atomic mass is 9.91. The Labute approximate surface area is 184 Å². The summed E-state index contributed by atoms with van der Waals surface area (Å²) in [5.74, 6) is 1.22. The van der Waals surface area contributed by atoms with Crippen molar-refractivity contribution >= 4 is 37.8 Å². The van der Waals surface area contributed by atoms with Gasteiger partial charge in [-0.2, -0.15) is 4.31 Å². The minimum atomic E-state index is -4.10. The SMILES string of the molecule is C#CCN1CC(COC)C2CCCC(C1=O)N2S(=O)(=O)c1cc(Br)cc(C(N)=O)c1. The fourth-order valence-corrected chi connectivity index (χ4v) is 6.94. The number of piperidine rings is 1. The first-order valence-corrected chi connectivity index (χ1v) is 11.8. The van der Waals surface area contributed by atoms with Gasteiger partial charge in [0.25, 0.3) is 0 Å². The van der Waals surface area contributed by atoms with Crippen molar-refractivity contribution in [3.8, 4) is 12.3 Å². The number of nitrogens with zero attached hydrogens (tertiary/aromatic N) is 2. The van der Waals surface area contributed by atoms with Gasteiger partial charge in [0.15, 0.2) is 0 Å². The monoisotopic (exact) mass is 497 g/mol. The number of hydrogen-bond donors (Lipinski definition) is 1. The minimum Gasteiger partial charge on any atom is -0.384 e.